The first-order valence-electron chi connectivity index (χ1n) is 7.23. The monoisotopic (exact) mass is 306 g/mol. The molecule has 0 spiro atoms. The van der Waals surface area contributed by atoms with Crippen LogP contribution in [-0.2, 0) is 9.59 Å². The number of anilines is 1. The first-order valence-corrected chi connectivity index (χ1v) is 7.23. The van der Waals surface area contributed by atoms with E-state index < -0.39 is 17.9 Å². The van der Waals surface area contributed by atoms with Crippen LogP contribution in [0, 0.1) is 5.92 Å². The Morgan fingerprint density at radius 3 is 2.18 bits per heavy atom. The molecule has 0 radical (unpaired) electrons. The molecule has 0 saturated carbocycles. The zero-order chi connectivity index (χ0) is 16.7. The van der Waals surface area contributed by atoms with E-state index in [1.807, 2.05) is 0 Å². The van der Waals surface area contributed by atoms with Crippen LogP contribution in [0.5, 0.6) is 0 Å². The molecule has 120 valence electrons. The third-order valence-corrected chi connectivity index (χ3v) is 3.10. The number of carbonyl (C=O) groups excluding carboxylic acids is 2. The van der Waals surface area contributed by atoms with Crippen LogP contribution >= 0.6 is 0 Å². The number of carboxylic acids is 1. The lowest BCUT2D eigenvalue weighted by atomic mass is 10.1. The van der Waals surface area contributed by atoms with Crippen molar-refractivity contribution in [2.75, 3.05) is 5.32 Å². The summed E-state index contributed by atoms with van der Waals surface area (Å²) in [5, 5.41) is 13.9. The van der Waals surface area contributed by atoms with Crippen molar-refractivity contribution in [3.05, 3.63) is 29.8 Å². The maximum atomic E-state index is 11.8. The van der Waals surface area contributed by atoms with Crippen LogP contribution in [-0.4, -0.2) is 28.9 Å². The molecule has 0 aliphatic rings. The van der Waals surface area contributed by atoms with Gasteiger partial charge in [0.15, 0.2) is 0 Å². The van der Waals surface area contributed by atoms with Crippen molar-refractivity contribution in [3.8, 4) is 0 Å². The Labute approximate surface area is 129 Å². The van der Waals surface area contributed by atoms with Gasteiger partial charge in [0.25, 0.3) is 5.91 Å². The van der Waals surface area contributed by atoms with Gasteiger partial charge in [0, 0.05) is 17.7 Å². The quantitative estimate of drug-likeness (QED) is 0.720. The average molecular weight is 306 g/mol. The molecule has 1 rings (SSSR count). The van der Waals surface area contributed by atoms with E-state index in [9.17, 15) is 14.4 Å². The molecular formula is C16H22N2O4. The van der Waals surface area contributed by atoms with Gasteiger partial charge in [0.1, 0.15) is 6.04 Å². The van der Waals surface area contributed by atoms with Crippen LogP contribution in [0.3, 0.4) is 0 Å². The number of carbonyl (C=O) groups is 3. The summed E-state index contributed by atoms with van der Waals surface area (Å²) in [6.07, 6.45) is 1.27. The normalized spacial score (nSPS) is 11.8. The van der Waals surface area contributed by atoms with Gasteiger partial charge < -0.3 is 15.7 Å². The lowest BCUT2D eigenvalue weighted by Crippen LogP contribution is -2.38. The second-order valence-electron chi connectivity index (χ2n) is 5.59. The molecule has 1 atom stereocenters. The van der Waals surface area contributed by atoms with Crippen molar-refractivity contribution in [2.24, 2.45) is 5.92 Å². The molecule has 1 unspecified atom stereocenters. The fraction of sp³-hybridized carbons (Fsp3) is 0.438. The highest BCUT2D eigenvalue weighted by molar-refractivity contribution is 5.97. The molecule has 3 N–H and O–H groups in total. The predicted molar refractivity (Wildman–Crippen MR) is 83.7 cm³/mol. The number of carboxylic acid groups (broad SMARTS) is 1. The maximum absolute atomic E-state index is 11.8. The summed E-state index contributed by atoms with van der Waals surface area (Å²) in [4.78, 5) is 34.2. The Morgan fingerprint density at radius 1 is 1.09 bits per heavy atom. The van der Waals surface area contributed by atoms with Gasteiger partial charge in [-0.3, -0.25) is 14.4 Å². The summed E-state index contributed by atoms with van der Waals surface area (Å²) < 4.78 is 0. The molecule has 1 aromatic rings. The summed E-state index contributed by atoms with van der Waals surface area (Å²) in [5.41, 5.74) is 0.949. The van der Waals surface area contributed by atoms with Crippen LogP contribution in [0.4, 0.5) is 5.69 Å². The van der Waals surface area contributed by atoms with E-state index in [1.54, 1.807) is 24.3 Å². The number of nitrogens with one attached hydrogen (secondary N) is 2. The van der Waals surface area contributed by atoms with Gasteiger partial charge in [0.05, 0.1) is 0 Å². The number of aliphatic carboxylic acids is 1. The van der Waals surface area contributed by atoms with E-state index in [2.05, 4.69) is 24.5 Å². The van der Waals surface area contributed by atoms with Gasteiger partial charge in [-0.05, 0) is 43.5 Å². The van der Waals surface area contributed by atoms with Crippen LogP contribution in [0.1, 0.15) is 44.0 Å². The Balaban J connectivity index is 2.57. The Morgan fingerprint density at radius 2 is 1.68 bits per heavy atom. The predicted octanol–water partition coefficient (Wildman–Crippen LogP) is 2.26. The van der Waals surface area contributed by atoms with Crippen LogP contribution in [0.15, 0.2) is 24.3 Å². The highest BCUT2D eigenvalue weighted by Crippen LogP contribution is 2.11. The van der Waals surface area contributed by atoms with E-state index >= 15 is 0 Å². The first kappa shape index (κ1) is 17.7. The first-order chi connectivity index (χ1) is 10.3. The minimum absolute atomic E-state index is 0.0644. The Bertz CT molecular complexity index is 538. The van der Waals surface area contributed by atoms with Gasteiger partial charge in [-0.1, -0.05) is 13.8 Å². The summed E-state index contributed by atoms with van der Waals surface area (Å²) in [6, 6.07) is 5.37. The Kier molecular flexibility index (Phi) is 6.56. The number of amides is 2. The molecule has 6 heteroatoms. The van der Waals surface area contributed by atoms with Gasteiger partial charge in [0.2, 0.25) is 5.91 Å². The molecule has 0 bridgehead atoms. The molecule has 2 amide bonds. The van der Waals surface area contributed by atoms with Crippen molar-refractivity contribution in [1.82, 2.24) is 5.32 Å². The number of rotatable bonds is 7. The van der Waals surface area contributed by atoms with Crippen molar-refractivity contribution in [2.45, 2.75) is 39.7 Å². The zero-order valence-corrected chi connectivity index (χ0v) is 13.1. The molecular weight excluding hydrogens is 284 g/mol. The zero-order valence-electron chi connectivity index (χ0n) is 13.1. The average Bonchev–Trinajstić information content (AvgIpc) is 2.45. The fourth-order valence-electron chi connectivity index (χ4n) is 1.69. The van der Waals surface area contributed by atoms with Crippen molar-refractivity contribution >= 4 is 23.5 Å². The highest BCUT2D eigenvalue weighted by Gasteiger charge is 2.15. The fourth-order valence-corrected chi connectivity index (χ4v) is 1.69. The van der Waals surface area contributed by atoms with Crippen LogP contribution in [0.25, 0.3) is 0 Å². The summed E-state index contributed by atoms with van der Waals surface area (Å²) in [6.45, 7) is 5.50. The molecule has 0 aliphatic heterocycles. The standard InChI is InChI=1S/C16H22N2O4/c1-10(2)4-9-14(19)18-13-7-5-12(6-8-13)15(20)17-11(3)16(21)22/h5-8,10-11H,4,9H2,1-3H3,(H,17,20)(H,18,19)(H,21,22). The smallest absolute Gasteiger partial charge is 0.325 e. The topological polar surface area (TPSA) is 95.5 Å². The summed E-state index contributed by atoms with van der Waals surface area (Å²) in [5.74, 6) is -1.16. The van der Waals surface area contributed by atoms with Gasteiger partial charge >= 0.3 is 5.97 Å². The molecule has 0 aromatic heterocycles. The summed E-state index contributed by atoms with van der Waals surface area (Å²) >= 11 is 0. The highest BCUT2D eigenvalue weighted by atomic mass is 16.4. The van der Waals surface area contributed by atoms with Crippen LogP contribution in [0.2, 0.25) is 0 Å². The number of benzene rings is 1. The summed E-state index contributed by atoms with van der Waals surface area (Å²) in [7, 11) is 0. The lowest BCUT2D eigenvalue weighted by Gasteiger charge is -2.10. The lowest BCUT2D eigenvalue weighted by molar-refractivity contribution is -0.138. The molecule has 0 fully saturated rings. The molecule has 6 nitrogen and oxygen atoms in total. The molecule has 22 heavy (non-hydrogen) atoms. The molecule has 0 heterocycles. The largest absolute Gasteiger partial charge is 0.480 e. The maximum Gasteiger partial charge on any atom is 0.325 e. The minimum Gasteiger partial charge on any atom is -0.480 e. The molecule has 0 aliphatic carbocycles. The second-order valence-corrected chi connectivity index (χ2v) is 5.59. The van der Waals surface area contributed by atoms with Gasteiger partial charge in [-0.25, -0.2) is 0 Å². The van der Waals surface area contributed by atoms with Gasteiger partial charge in [-0.2, -0.15) is 0 Å². The van der Waals surface area contributed by atoms with Crippen LogP contribution < -0.4 is 10.6 Å². The third kappa shape index (κ3) is 5.95. The molecule has 0 saturated heterocycles. The Hall–Kier alpha value is -2.37. The van der Waals surface area contributed by atoms with E-state index in [-0.39, 0.29) is 5.91 Å². The van der Waals surface area contributed by atoms with E-state index in [1.165, 1.54) is 6.92 Å². The van der Waals surface area contributed by atoms with Gasteiger partial charge in [-0.15, -0.1) is 0 Å². The third-order valence-electron chi connectivity index (χ3n) is 3.10. The number of hydrogen-bond acceptors (Lipinski definition) is 3. The number of hydrogen-bond donors (Lipinski definition) is 3. The minimum atomic E-state index is -1.10. The van der Waals surface area contributed by atoms with Crippen molar-refractivity contribution in [3.63, 3.8) is 0 Å². The SMILES string of the molecule is CC(C)CCC(=O)Nc1ccc(C(=O)NC(C)C(=O)O)cc1. The second kappa shape index (κ2) is 8.17. The van der Waals surface area contributed by atoms with E-state index in [0.717, 1.165) is 6.42 Å². The molecule has 1 aromatic carbocycles. The van der Waals surface area contributed by atoms with E-state index in [4.69, 9.17) is 5.11 Å². The van der Waals surface area contributed by atoms with E-state index in [0.29, 0.717) is 23.6 Å². The van der Waals surface area contributed by atoms with Crippen molar-refractivity contribution in [1.29, 1.82) is 0 Å². The van der Waals surface area contributed by atoms with Crippen molar-refractivity contribution < 1.29 is 19.5 Å².